The van der Waals surface area contributed by atoms with E-state index >= 15 is 0 Å². The molecule has 2 aliphatic carbocycles. The van der Waals surface area contributed by atoms with E-state index in [4.69, 9.17) is 23.2 Å². The molecule has 6 atom stereocenters. The second-order valence-electron chi connectivity index (χ2n) is 8.97. The van der Waals surface area contributed by atoms with Gasteiger partial charge in [0, 0.05) is 18.0 Å². The molecule has 1 aromatic carbocycles. The summed E-state index contributed by atoms with van der Waals surface area (Å²) in [6.45, 7) is 2.00. The largest absolute Gasteiger partial charge is 0.508 e. The van der Waals surface area contributed by atoms with E-state index in [1.807, 2.05) is 6.08 Å². The molecule has 0 bridgehead atoms. The minimum Gasteiger partial charge on any atom is -0.508 e. The van der Waals surface area contributed by atoms with Gasteiger partial charge in [-0.15, -0.1) is 23.2 Å². The lowest BCUT2D eigenvalue weighted by Gasteiger charge is -2.50. The number of fused-ring (bicyclic) bond motifs is 4. The van der Waals surface area contributed by atoms with Crippen LogP contribution in [0.3, 0.4) is 0 Å². The first-order chi connectivity index (χ1) is 15.6. The van der Waals surface area contributed by atoms with Gasteiger partial charge in [0.1, 0.15) is 5.75 Å². The van der Waals surface area contributed by atoms with Gasteiger partial charge in [-0.1, -0.05) is 45.8 Å². The molecule has 4 amide bonds. The number of nitrogens with zero attached hydrogens (tertiary/aromatic N) is 2. The van der Waals surface area contributed by atoms with Crippen molar-refractivity contribution in [2.75, 3.05) is 12.0 Å². The summed E-state index contributed by atoms with van der Waals surface area (Å²) in [4.78, 5) is 51.6. The van der Waals surface area contributed by atoms with Gasteiger partial charge in [0.2, 0.25) is 11.8 Å². The van der Waals surface area contributed by atoms with Gasteiger partial charge < -0.3 is 5.11 Å². The Morgan fingerprint density at radius 2 is 1.76 bits per heavy atom. The Morgan fingerprint density at radius 1 is 1.06 bits per heavy atom. The molecule has 0 spiro atoms. The average Bonchev–Trinajstić information content (AvgIpc) is 3.12. The van der Waals surface area contributed by atoms with Crippen molar-refractivity contribution in [3.8, 4) is 5.75 Å². The van der Waals surface area contributed by atoms with Gasteiger partial charge in [-0.25, -0.2) is 0 Å². The lowest BCUT2D eigenvalue weighted by molar-refractivity contribution is -0.141. The minimum absolute atomic E-state index is 0.0558. The van der Waals surface area contributed by atoms with Crippen molar-refractivity contribution >= 4 is 62.8 Å². The number of hydrogen-bond acceptors (Lipinski definition) is 5. The summed E-state index contributed by atoms with van der Waals surface area (Å²) in [5.41, 5.74) is 0.937. The molecule has 0 aromatic heterocycles. The van der Waals surface area contributed by atoms with E-state index in [2.05, 4.69) is 15.9 Å². The molecule has 0 unspecified atom stereocenters. The molecule has 174 valence electrons. The number of phenols is 1. The maximum absolute atomic E-state index is 13.5. The Balaban J connectivity index is 1.75. The molecule has 10 heteroatoms. The third kappa shape index (κ3) is 2.68. The summed E-state index contributed by atoms with van der Waals surface area (Å²) >= 11 is 17.3. The molecule has 1 aromatic rings. The second-order valence-corrected chi connectivity index (χ2v) is 10.7. The number of carbonyl (C=O) groups excluding carboxylic acids is 4. The van der Waals surface area contributed by atoms with Crippen LogP contribution in [0.5, 0.6) is 5.75 Å². The third-order valence-electron chi connectivity index (χ3n) is 7.67. The van der Waals surface area contributed by atoms with Crippen LogP contribution in [-0.2, 0) is 19.2 Å². The molecule has 4 aliphatic rings. The Hall–Kier alpha value is -1.90. The summed E-state index contributed by atoms with van der Waals surface area (Å²) in [6.07, 6.45) is 2.11. The standard InChI is InChI=1S/C23H21BrCl2N2O5/c1-2-27-18(30)13-8-7-11-14(16(13)19(27)31)9-22(25)20(32)28(10-24)21(33)23(22,26)17(11)12-5-3-4-6-15(12)29/h3-7,13-14,16-17,29H,2,8-10H2,1H3/t13-,14+,16-,17+,22+,23-/m0/s1. The van der Waals surface area contributed by atoms with E-state index in [1.54, 1.807) is 25.1 Å². The smallest absolute Gasteiger partial charge is 0.254 e. The lowest BCUT2D eigenvalue weighted by Crippen LogP contribution is -2.60. The molecule has 1 saturated carbocycles. The third-order valence-corrected chi connectivity index (χ3v) is 9.58. The summed E-state index contributed by atoms with van der Waals surface area (Å²) in [6, 6.07) is 6.47. The predicted octanol–water partition coefficient (Wildman–Crippen LogP) is 3.12. The van der Waals surface area contributed by atoms with Gasteiger partial charge in [-0.2, -0.15) is 0 Å². The molecular weight excluding hydrogens is 535 g/mol. The summed E-state index contributed by atoms with van der Waals surface area (Å²) in [7, 11) is 0. The maximum Gasteiger partial charge on any atom is 0.254 e. The van der Waals surface area contributed by atoms with Gasteiger partial charge in [0.05, 0.1) is 17.3 Å². The number of aromatic hydroxyl groups is 1. The molecule has 5 rings (SSSR count). The Morgan fingerprint density at radius 3 is 2.39 bits per heavy atom. The van der Waals surface area contributed by atoms with Crippen molar-refractivity contribution in [1.82, 2.24) is 9.80 Å². The normalized spacial score (nSPS) is 37.8. The highest BCUT2D eigenvalue weighted by atomic mass is 79.9. The molecule has 2 heterocycles. The molecule has 3 fully saturated rings. The fourth-order valence-electron chi connectivity index (χ4n) is 6.21. The zero-order chi connectivity index (χ0) is 23.9. The van der Waals surface area contributed by atoms with Crippen LogP contribution >= 0.6 is 39.1 Å². The average molecular weight is 556 g/mol. The van der Waals surface area contributed by atoms with E-state index in [0.29, 0.717) is 17.6 Å². The zero-order valence-corrected chi connectivity index (χ0v) is 20.7. The number of rotatable bonds is 3. The molecule has 1 N–H and O–H groups in total. The number of phenolic OH excluding ortho intramolecular Hbond substituents is 1. The summed E-state index contributed by atoms with van der Waals surface area (Å²) in [5, 5.41) is 10.7. The van der Waals surface area contributed by atoms with Crippen LogP contribution in [0.25, 0.3) is 0 Å². The van der Waals surface area contributed by atoms with Crippen molar-refractivity contribution in [3.63, 3.8) is 0 Å². The van der Waals surface area contributed by atoms with Crippen LogP contribution in [0.15, 0.2) is 35.9 Å². The number of halogens is 3. The van der Waals surface area contributed by atoms with E-state index in [9.17, 15) is 24.3 Å². The van der Waals surface area contributed by atoms with E-state index < -0.39 is 45.2 Å². The fraction of sp³-hybridized carbons (Fsp3) is 0.478. The first kappa shape index (κ1) is 22.9. The number of allylic oxidation sites excluding steroid dienone is 2. The number of carbonyl (C=O) groups is 4. The predicted molar refractivity (Wildman–Crippen MR) is 124 cm³/mol. The number of imide groups is 2. The number of hydrogen-bond donors (Lipinski definition) is 1. The Labute approximate surface area is 208 Å². The molecule has 2 saturated heterocycles. The number of amides is 4. The highest BCUT2D eigenvalue weighted by Gasteiger charge is 2.76. The van der Waals surface area contributed by atoms with Gasteiger partial charge in [0.15, 0.2) is 9.75 Å². The molecular formula is C23H21BrCl2N2O5. The molecule has 33 heavy (non-hydrogen) atoms. The SMILES string of the molecule is CCN1C(=O)[C@H]2[C@H](CC=C3[C@H]2C[C@@]2(Cl)C(=O)N(CBr)C(=O)[C@@]2(Cl)[C@H]3c2ccccc2O)C1=O. The van der Waals surface area contributed by atoms with E-state index in [-0.39, 0.29) is 36.0 Å². The van der Waals surface area contributed by atoms with Crippen molar-refractivity contribution in [3.05, 3.63) is 41.5 Å². The van der Waals surface area contributed by atoms with Crippen LogP contribution in [0, 0.1) is 17.8 Å². The lowest BCUT2D eigenvalue weighted by atomic mass is 9.56. The first-order valence-corrected chi connectivity index (χ1v) is 12.6. The van der Waals surface area contributed by atoms with Crippen LogP contribution in [0.2, 0.25) is 0 Å². The van der Waals surface area contributed by atoms with Crippen LogP contribution in [0.4, 0.5) is 0 Å². The Bertz CT molecular complexity index is 1140. The van der Waals surface area contributed by atoms with Crippen molar-refractivity contribution in [2.24, 2.45) is 17.8 Å². The monoisotopic (exact) mass is 554 g/mol. The van der Waals surface area contributed by atoms with Gasteiger partial charge in [-0.3, -0.25) is 29.0 Å². The van der Waals surface area contributed by atoms with Crippen molar-refractivity contribution in [1.29, 1.82) is 0 Å². The number of likely N-dealkylation sites (tertiary alicyclic amines) is 2. The second kappa shape index (κ2) is 7.55. The maximum atomic E-state index is 13.5. The summed E-state index contributed by atoms with van der Waals surface area (Å²) < 4.78 is 0. The van der Waals surface area contributed by atoms with Crippen LogP contribution in [-0.4, -0.2) is 60.3 Å². The van der Waals surface area contributed by atoms with E-state index in [0.717, 1.165) is 4.90 Å². The Kier molecular flexibility index (Phi) is 5.23. The molecule has 0 radical (unpaired) electrons. The minimum atomic E-state index is -1.90. The number of alkyl halides is 3. The number of benzene rings is 1. The highest BCUT2D eigenvalue weighted by molar-refractivity contribution is 9.09. The van der Waals surface area contributed by atoms with E-state index in [1.165, 1.54) is 11.0 Å². The zero-order valence-electron chi connectivity index (χ0n) is 17.6. The van der Waals surface area contributed by atoms with Crippen LogP contribution in [0.1, 0.15) is 31.2 Å². The number of para-hydroxylation sites is 1. The van der Waals surface area contributed by atoms with Gasteiger partial charge >= 0.3 is 0 Å². The quantitative estimate of drug-likeness (QED) is 0.267. The topological polar surface area (TPSA) is 95.0 Å². The van der Waals surface area contributed by atoms with Gasteiger partial charge in [0.25, 0.3) is 11.8 Å². The molecule has 7 nitrogen and oxygen atoms in total. The van der Waals surface area contributed by atoms with Crippen molar-refractivity contribution in [2.45, 2.75) is 35.4 Å². The van der Waals surface area contributed by atoms with Crippen LogP contribution < -0.4 is 0 Å². The van der Waals surface area contributed by atoms with Gasteiger partial charge in [-0.05, 0) is 31.7 Å². The molecule has 2 aliphatic heterocycles. The summed E-state index contributed by atoms with van der Waals surface area (Å²) in [5.74, 6) is -4.67. The highest BCUT2D eigenvalue weighted by Crippen LogP contribution is 2.66. The first-order valence-electron chi connectivity index (χ1n) is 10.8. The fourth-order valence-corrected chi connectivity index (χ4v) is 7.62. The van der Waals surface area contributed by atoms with Crippen molar-refractivity contribution < 1.29 is 24.3 Å².